The second kappa shape index (κ2) is 14.8. The molecule has 0 aliphatic carbocycles. The van der Waals surface area contributed by atoms with Gasteiger partial charge in [0.15, 0.2) is 0 Å². The molecule has 286 valence electrons. The summed E-state index contributed by atoms with van der Waals surface area (Å²) in [5.74, 6) is 0. The molecule has 2 heteroatoms. The topological polar surface area (TPSA) is 0 Å². The zero-order valence-corrected chi connectivity index (χ0v) is 37.2. The van der Waals surface area contributed by atoms with Gasteiger partial charge in [-0.2, -0.15) is 11.3 Å². The molecule has 56 heavy (non-hydrogen) atoms. The Bertz CT molecular complexity index is 2230. The molecule has 2 heterocycles. The van der Waals surface area contributed by atoms with Crippen molar-refractivity contribution in [2.24, 2.45) is 0 Å². The van der Waals surface area contributed by atoms with Crippen molar-refractivity contribution in [1.29, 1.82) is 0 Å². The molecule has 0 unspecified atom stereocenters. The second-order valence-electron chi connectivity index (χ2n) is 19.5. The van der Waals surface area contributed by atoms with Crippen LogP contribution < -0.4 is 0 Å². The summed E-state index contributed by atoms with van der Waals surface area (Å²) in [6.07, 6.45) is 0. The molecule has 0 aliphatic heterocycles. The van der Waals surface area contributed by atoms with Gasteiger partial charge in [-0.25, -0.2) is 0 Å². The third-order valence-corrected chi connectivity index (χ3v) is 12.8. The van der Waals surface area contributed by atoms with Crippen LogP contribution in [0.4, 0.5) is 0 Å². The highest BCUT2D eigenvalue weighted by Gasteiger charge is 2.31. The van der Waals surface area contributed by atoms with E-state index < -0.39 is 0 Å². The highest BCUT2D eigenvalue weighted by Crippen LogP contribution is 2.57. The number of benzene rings is 5. The molecule has 2 aromatic heterocycles. The van der Waals surface area contributed by atoms with Gasteiger partial charge < -0.3 is 0 Å². The molecule has 0 bridgehead atoms. The van der Waals surface area contributed by atoms with Crippen LogP contribution in [-0.2, 0) is 21.7 Å². The molecule has 0 atom stereocenters. The van der Waals surface area contributed by atoms with Crippen molar-refractivity contribution >= 4 is 22.7 Å². The number of hydrogen-bond acceptors (Lipinski definition) is 2. The lowest BCUT2D eigenvalue weighted by Gasteiger charge is -2.29. The Hall–Kier alpha value is -4.50. The van der Waals surface area contributed by atoms with Crippen LogP contribution in [-0.4, -0.2) is 0 Å². The molecular weight excluding hydrogens is 713 g/mol. The van der Waals surface area contributed by atoms with E-state index in [2.05, 4.69) is 214 Å². The minimum atomic E-state index is 0.0423. The summed E-state index contributed by atoms with van der Waals surface area (Å²) in [6.45, 7) is 27.6. The molecule has 0 saturated heterocycles. The maximum atomic E-state index is 2.38. The predicted molar refractivity (Wildman–Crippen MR) is 250 cm³/mol. The van der Waals surface area contributed by atoms with Crippen LogP contribution in [0.3, 0.4) is 0 Å². The van der Waals surface area contributed by atoms with Crippen molar-refractivity contribution in [1.82, 2.24) is 0 Å². The van der Waals surface area contributed by atoms with Gasteiger partial charge in [-0.15, -0.1) is 11.3 Å². The minimum Gasteiger partial charge on any atom is -0.152 e. The van der Waals surface area contributed by atoms with Crippen molar-refractivity contribution in [2.75, 3.05) is 0 Å². The molecule has 0 fully saturated rings. The fraction of sp³-hybridized carbons (Fsp3) is 0.296. The number of rotatable bonds is 6. The molecule has 0 spiro atoms. The van der Waals surface area contributed by atoms with Crippen molar-refractivity contribution in [2.45, 2.75) is 105 Å². The molecule has 7 aromatic rings. The first-order chi connectivity index (χ1) is 26.3. The monoisotopic (exact) mass is 770 g/mol. The van der Waals surface area contributed by atoms with Crippen LogP contribution in [0.1, 0.15) is 105 Å². The zero-order chi connectivity index (χ0) is 40.2. The standard InChI is InChI=1S/C54H58S2/c1-51(2,3)40-23-15-35(16-24-40)45-46(36-17-25-41(26-18-36)52(4,5)6)48(38-21-29-43(30-22-38)54(10,11)12)50(44-14-13-32-56-44)49(39-31-33-55-34-39)47(45)37-19-27-42(28-20-37)53(7,8)9/h13-34H,1-12H3. The Morgan fingerprint density at radius 2 is 0.607 bits per heavy atom. The van der Waals surface area contributed by atoms with Gasteiger partial charge in [0.2, 0.25) is 0 Å². The Morgan fingerprint density at radius 1 is 0.304 bits per heavy atom. The Morgan fingerprint density at radius 3 is 0.857 bits per heavy atom. The van der Waals surface area contributed by atoms with Crippen LogP contribution in [0, 0.1) is 0 Å². The molecule has 0 aliphatic rings. The lowest BCUT2D eigenvalue weighted by atomic mass is 9.74. The summed E-state index contributed by atoms with van der Waals surface area (Å²) in [5.41, 5.74) is 19.4. The van der Waals surface area contributed by atoms with Crippen LogP contribution in [0.15, 0.2) is 131 Å². The molecule has 0 radical (unpaired) electrons. The van der Waals surface area contributed by atoms with Gasteiger partial charge in [-0.3, -0.25) is 0 Å². The summed E-state index contributed by atoms with van der Waals surface area (Å²) in [7, 11) is 0. The summed E-state index contributed by atoms with van der Waals surface area (Å²) in [6, 6.07) is 44.7. The van der Waals surface area contributed by atoms with E-state index in [1.165, 1.54) is 88.3 Å². The van der Waals surface area contributed by atoms with Gasteiger partial charge in [0.25, 0.3) is 0 Å². The fourth-order valence-corrected chi connectivity index (χ4v) is 9.24. The van der Waals surface area contributed by atoms with Crippen molar-refractivity contribution in [3.05, 3.63) is 154 Å². The van der Waals surface area contributed by atoms with E-state index in [9.17, 15) is 0 Å². The number of hydrogen-bond donors (Lipinski definition) is 0. The third-order valence-electron chi connectivity index (χ3n) is 11.2. The van der Waals surface area contributed by atoms with E-state index in [1.54, 1.807) is 11.3 Å². The van der Waals surface area contributed by atoms with Gasteiger partial charge in [0.1, 0.15) is 0 Å². The first-order valence-corrected chi connectivity index (χ1v) is 21.9. The average molecular weight is 771 g/mol. The van der Waals surface area contributed by atoms with E-state index in [4.69, 9.17) is 0 Å². The van der Waals surface area contributed by atoms with E-state index in [-0.39, 0.29) is 21.7 Å². The van der Waals surface area contributed by atoms with E-state index >= 15 is 0 Å². The smallest absolute Gasteiger partial charge is 0.0355 e. The summed E-state index contributed by atoms with van der Waals surface area (Å²) < 4.78 is 0. The van der Waals surface area contributed by atoms with Crippen molar-refractivity contribution in [3.8, 4) is 66.1 Å². The number of thiophene rings is 2. The van der Waals surface area contributed by atoms with Gasteiger partial charge in [-0.1, -0.05) is 186 Å². The molecule has 0 amide bonds. The van der Waals surface area contributed by atoms with Gasteiger partial charge in [0, 0.05) is 16.0 Å². The molecule has 0 N–H and O–H groups in total. The quantitative estimate of drug-likeness (QED) is 0.158. The molecule has 5 aromatic carbocycles. The first-order valence-electron chi connectivity index (χ1n) is 20.1. The van der Waals surface area contributed by atoms with Crippen LogP contribution in [0.5, 0.6) is 0 Å². The largest absolute Gasteiger partial charge is 0.152 e. The van der Waals surface area contributed by atoms with Crippen LogP contribution in [0.25, 0.3) is 66.1 Å². The fourth-order valence-electron chi connectivity index (χ4n) is 7.81. The van der Waals surface area contributed by atoms with Gasteiger partial charge in [0.05, 0.1) is 0 Å². The minimum absolute atomic E-state index is 0.0423. The maximum absolute atomic E-state index is 2.38. The van der Waals surface area contributed by atoms with Crippen molar-refractivity contribution < 1.29 is 0 Å². The SMILES string of the molecule is CC(C)(C)c1ccc(-c2c(-c3ccc(C(C)(C)C)cc3)c(-c3ccc(C(C)(C)C)cc3)c(-c3cccs3)c(-c3ccsc3)c2-c2ccc(C(C)(C)C)cc2)cc1. The van der Waals surface area contributed by atoms with Crippen LogP contribution in [0.2, 0.25) is 0 Å². The Balaban J connectivity index is 1.74. The third kappa shape index (κ3) is 7.89. The van der Waals surface area contributed by atoms with Crippen molar-refractivity contribution in [3.63, 3.8) is 0 Å². The molecule has 0 nitrogen and oxygen atoms in total. The Kier molecular flexibility index (Phi) is 10.5. The van der Waals surface area contributed by atoms with E-state index in [0.29, 0.717) is 0 Å². The highest BCUT2D eigenvalue weighted by atomic mass is 32.1. The predicted octanol–water partition coefficient (Wildman–Crippen LogP) is 17.0. The average Bonchev–Trinajstić information content (AvgIpc) is 3.88. The molecule has 7 rings (SSSR count). The summed E-state index contributed by atoms with van der Waals surface area (Å²) in [5, 5.41) is 6.80. The summed E-state index contributed by atoms with van der Waals surface area (Å²) in [4.78, 5) is 1.27. The van der Waals surface area contributed by atoms with E-state index in [1.807, 2.05) is 11.3 Å². The second-order valence-corrected chi connectivity index (χ2v) is 21.3. The maximum Gasteiger partial charge on any atom is 0.0355 e. The first kappa shape index (κ1) is 39.7. The molecular formula is C54H58S2. The highest BCUT2D eigenvalue weighted by molar-refractivity contribution is 7.13. The van der Waals surface area contributed by atoms with E-state index in [0.717, 1.165) is 0 Å². The van der Waals surface area contributed by atoms with Gasteiger partial charge >= 0.3 is 0 Å². The zero-order valence-electron chi connectivity index (χ0n) is 35.5. The molecule has 0 saturated carbocycles. The summed E-state index contributed by atoms with van der Waals surface area (Å²) >= 11 is 3.60. The lowest BCUT2D eigenvalue weighted by Crippen LogP contribution is -2.11. The normalized spacial score (nSPS) is 12.6. The Labute approximate surface area is 345 Å². The van der Waals surface area contributed by atoms with Gasteiger partial charge in [-0.05, 0) is 122 Å². The van der Waals surface area contributed by atoms with Crippen LogP contribution >= 0.6 is 22.7 Å². The lowest BCUT2D eigenvalue weighted by molar-refractivity contribution is 0.590.